The van der Waals surface area contributed by atoms with Gasteiger partial charge in [-0.15, -0.1) is 0 Å². The SMILES string of the molecule is Cc1cc(-n2nc3c(c2-n2ccn(-c4ccc5c(cnn5C5CC5)c4F)c2=O)C(C)N(C(=O)c2cc4cc(C5CCOCC5)cnc4n2C2(c4noc(=O)[nH]4)CC2C)CC3)cc(C)c1F. The lowest BCUT2D eigenvalue weighted by molar-refractivity contribution is 0.0663. The number of imidazole rings is 1. The van der Waals surface area contributed by atoms with Gasteiger partial charge in [0.25, 0.3) is 5.91 Å². The minimum atomic E-state index is -0.907. The van der Waals surface area contributed by atoms with Crippen LogP contribution in [0.4, 0.5) is 8.78 Å². The van der Waals surface area contributed by atoms with Crippen molar-refractivity contribution >= 4 is 27.8 Å². The molecule has 2 aliphatic carbocycles. The maximum absolute atomic E-state index is 16.4. The molecular formula is C47H45F2N11O5. The molecular weight excluding hydrogens is 837 g/mol. The number of aryl methyl sites for hydroxylation is 2. The number of carbonyl (C=O) groups excluding carboxylic acids is 1. The van der Waals surface area contributed by atoms with Crippen LogP contribution in [0.25, 0.3) is 39.1 Å². The van der Waals surface area contributed by atoms with Gasteiger partial charge in [-0.05, 0) is 118 Å². The number of aromatic amines is 1. The summed E-state index contributed by atoms with van der Waals surface area (Å²) in [4.78, 5) is 52.1. The Balaban J connectivity index is 0.998. The molecule has 3 unspecified atom stereocenters. The smallest absolute Gasteiger partial charge is 0.381 e. The summed E-state index contributed by atoms with van der Waals surface area (Å²) in [6.07, 6.45) is 11.1. The van der Waals surface area contributed by atoms with Gasteiger partial charge in [-0.25, -0.2) is 28.0 Å². The fraction of sp³-hybridized carbons (Fsp3) is 0.383. The first kappa shape index (κ1) is 39.6. The molecule has 1 amide bonds. The molecule has 332 valence electrons. The monoisotopic (exact) mass is 881 g/mol. The number of ether oxygens (including phenoxy) is 1. The number of aromatic nitrogens is 10. The van der Waals surface area contributed by atoms with Crippen molar-refractivity contribution in [2.24, 2.45) is 5.92 Å². The summed E-state index contributed by atoms with van der Waals surface area (Å²) in [5.74, 6) is -1.01. The fourth-order valence-corrected chi connectivity index (χ4v) is 10.6. The fourth-order valence-electron chi connectivity index (χ4n) is 10.6. The Bertz CT molecular complexity index is 3370. The standard InChI is InChI=1S/C47H45F2N11O5/c1-24-17-32(18-25(2)39(24)48)60-42(57-14-13-56(46(57)63)36-8-7-35-33(40(36)49)23-51-59(35)31-5-6-31)38-27(4)55(12-9-34(38)53-60)43(61)37-20-29-19-30(28-10-15-64-16-11-28)22-50-41(29)58(37)47(21-26(47)3)44-52-45(62)65-54-44/h7-8,13-14,17-20,22-23,26-28,31H,5-6,9-12,15-16,21H2,1-4H3,(H,52,54,62). The van der Waals surface area contributed by atoms with Crippen LogP contribution < -0.4 is 11.4 Å². The van der Waals surface area contributed by atoms with Crippen LogP contribution in [-0.4, -0.2) is 79.0 Å². The molecule has 2 saturated carbocycles. The molecule has 4 aliphatic rings. The van der Waals surface area contributed by atoms with Crippen LogP contribution in [0.15, 0.2) is 75.3 Å². The van der Waals surface area contributed by atoms with Crippen molar-refractivity contribution in [3.05, 3.63) is 133 Å². The molecule has 1 saturated heterocycles. The topological polar surface area (TPSA) is 169 Å². The third-order valence-corrected chi connectivity index (χ3v) is 14.3. The van der Waals surface area contributed by atoms with E-state index in [0.29, 0.717) is 88.0 Å². The van der Waals surface area contributed by atoms with Gasteiger partial charge in [0.05, 0.1) is 46.3 Å². The Labute approximate surface area is 369 Å². The van der Waals surface area contributed by atoms with E-state index in [-0.39, 0.29) is 41.8 Å². The lowest BCUT2D eigenvalue weighted by Crippen LogP contribution is -2.41. The summed E-state index contributed by atoms with van der Waals surface area (Å²) in [5.41, 5.74) is 3.85. The molecule has 12 rings (SSSR count). The molecule has 65 heavy (non-hydrogen) atoms. The number of benzene rings is 2. The number of hydrogen-bond donors (Lipinski definition) is 1. The summed E-state index contributed by atoms with van der Waals surface area (Å²) in [5, 5.41) is 14.8. The van der Waals surface area contributed by atoms with E-state index < -0.39 is 28.8 Å². The highest BCUT2D eigenvalue weighted by Crippen LogP contribution is 2.56. The van der Waals surface area contributed by atoms with E-state index >= 15 is 13.6 Å². The van der Waals surface area contributed by atoms with Gasteiger partial charge in [0.15, 0.2) is 11.6 Å². The highest BCUT2D eigenvalue weighted by molar-refractivity contribution is 5.99. The molecule has 0 radical (unpaired) electrons. The van der Waals surface area contributed by atoms with Crippen molar-refractivity contribution in [3.63, 3.8) is 0 Å². The van der Waals surface area contributed by atoms with Gasteiger partial charge >= 0.3 is 11.4 Å². The van der Waals surface area contributed by atoms with Crippen molar-refractivity contribution in [1.82, 2.24) is 53.3 Å². The number of hydrogen-bond acceptors (Lipinski definition) is 9. The number of nitrogens with zero attached hydrogens (tertiary/aromatic N) is 10. The van der Waals surface area contributed by atoms with Crippen molar-refractivity contribution in [1.29, 1.82) is 0 Å². The van der Waals surface area contributed by atoms with Gasteiger partial charge in [-0.3, -0.25) is 28.1 Å². The summed E-state index contributed by atoms with van der Waals surface area (Å²) in [7, 11) is 0. The third kappa shape index (κ3) is 5.91. The van der Waals surface area contributed by atoms with Gasteiger partial charge in [-0.2, -0.15) is 10.2 Å². The zero-order chi connectivity index (χ0) is 44.6. The summed E-state index contributed by atoms with van der Waals surface area (Å²) < 4.78 is 50.2. The molecule has 2 aliphatic heterocycles. The molecule has 18 heteroatoms. The predicted octanol–water partition coefficient (Wildman–Crippen LogP) is 6.86. The number of rotatable bonds is 8. The summed E-state index contributed by atoms with van der Waals surface area (Å²) >= 11 is 0. The zero-order valence-corrected chi connectivity index (χ0v) is 36.2. The van der Waals surface area contributed by atoms with Crippen LogP contribution in [0.1, 0.15) is 108 Å². The third-order valence-electron chi connectivity index (χ3n) is 14.3. The molecule has 2 aromatic carbocycles. The van der Waals surface area contributed by atoms with E-state index in [1.54, 1.807) is 53.9 Å². The Hall–Kier alpha value is -6.95. The Morgan fingerprint density at radius 3 is 2.40 bits per heavy atom. The van der Waals surface area contributed by atoms with E-state index in [9.17, 15) is 9.59 Å². The maximum atomic E-state index is 16.4. The van der Waals surface area contributed by atoms with Crippen LogP contribution in [0, 0.1) is 31.4 Å². The van der Waals surface area contributed by atoms with Gasteiger partial charge < -0.3 is 14.2 Å². The molecule has 0 spiro atoms. The largest absolute Gasteiger partial charge is 0.438 e. The normalized spacial score (nSPS) is 21.2. The van der Waals surface area contributed by atoms with Crippen molar-refractivity contribution in [3.8, 4) is 17.2 Å². The number of H-pyrrole nitrogens is 1. The van der Waals surface area contributed by atoms with Gasteiger partial charge in [-0.1, -0.05) is 12.1 Å². The van der Waals surface area contributed by atoms with Crippen molar-refractivity contribution < 1.29 is 22.8 Å². The van der Waals surface area contributed by atoms with E-state index in [1.807, 2.05) is 35.4 Å². The first-order valence-electron chi connectivity index (χ1n) is 22.3. The molecule has 3 atom stereocenters. The van der Waals surface area contributed by atoms with Crippen LogP contribution in [-0.2, 0) is 16.7 Å². The first-order valence-corrected chi connectivity index (χ1v) is 22.3. The highest BCUT2D eigenvalue weighted by Gasteiger charge is 2.59. The quantitative estimate of drug-likeness (QED) is 0.172. The Kier molecular flexibility index (Phi) is 8.70. The number of carbonyl (C=O) groups is 1. The van der Waals surface area contributed by atoms with E-state index in [2.05, 4.69) is 21.3 Å². The molecule has 3 fully saturated rings. The van der Waals surface area contributed by atoms with Crippen LogP contribution >= 0.6 is 0 Å². The predicted molar refractivity (Wildman–Crippen MR) is 233 cm³/mol. The summed E-state index contributed by atoms with van der Waals surface area (Å²) in [6.45, 7) is 8.90. The molecule has 0 bridgehead atoms. The van der Waals surface area contributed by atoms with Crippen LogP contribution in [0.3, 0.4) is 0 Å². The number of fused-ring (bicyclic) bond motifs is 3. The number of nitrogens with one attached hydrogen (secondary N) is 1. The first-order chi connectivity index (χ1) is 31.4. The molecule has 8 heterocycles. The second-order valence-electron chi connectivity index (χ2n) is 18.3. The van der Waals surface area contributed by atoms with Crippen LogP contribution in [0.2, 0.25) is 0 Å². The molecule has 6 aromatic heterocycles. The molecule has 8 aromatic rings. The van der Waals surface area contributed by atoms with E-state index in [4.69, 9.17) is 19.3 Å². The summed E-state index contributed by atoms with van der Waals surface area (Å²) in [6, 6.07) is 10.3. The van der Waals surface area contributed by atoms with E-state index in [1.165, 1.54) is 21.5 Å². The van der Waals surface area contributed by atoms with Gasteiger partial charge in [0.2, 0.25) is 0 Å². The molecule has 1 N–H and O–H groups in total. The average Bonchev–Trinajstić information content (AvgIpc) is 3.83. The van der Waals surface area contributed by atoms with Gasteiger partial charge in [0, 0.05) is 55.7 Å². The Morgan fingerprint density at radius 2 is 1.69 bits per heavy atom. The average molecular weight is 882 g/mol. The van der Waals surface area contributed by atoms with E-state index in [0.717, 1.165) is 36.6 Å². The number of pyridine rings is 1. The maximum Gasteiger partial charge on any atom is 0.438 e. The van der Waals surface area contributed by atoms with Crippen molar-refractivity contribution in [2.45, 2.75) is 89.8 Å². The van der Waals surface area contributed by atoms with Gasteiger partial charge in [0.1, 0.15) is 28.5 Å². The Morgan fingerprint density at radius 1 is 0.938 bits per heavy atom. The number of halogens is 2. The second-order valence-corrected chi connectivity index (χ2v) is 18.3. The number of amides is 1. The second kappa shape index (κ2) is 14.3. The van der Waals surface area contributed by atoms with Crippen LogP contribution in [0.5, 0.6) is 0 Å². The lowest BCUT2D eigenvalue weighted by atomic mass is 9.92. The highest BCUT2D eigenvalue weighted by atomic mass is 19.1. The minimum Gasteiger partial charge on any atom is -0.381 e. The minimum absolute atomic E-state index is 0.0314. The van der Waals surface area contributed by atoms with Crippen molar-refractivity contribution in [2.75, 3.05) is 19.8 Å². The lowest BCUT2D eigenvalue weighted by Gasteiger charge is -2.34. The zero-order valence-electron chi connectivity index (χ0n) is 36.2. The molecule has 16 nitrogen and oxygen atoms in total.